The molecule has 3 aromatic heterocycles. The van der Waals surface area contributed by atoms with Crippen molar-refractivity contribution in [1.29, 1.82) is 0 Å². The van der Waals surface area contributed by atoms with Gasteiger partial charge in [-0.1, -0.05) is 0 Å². The van der Waals surface area contributed by atoms with Crippen molar-refractivity contribution >= 4 is 27.3 Å². The second-order valence-electron chi connectivity index (χ2n) is 3.32. The van der Waals surface area contributed by atoms with E-state index in [0.717, 1.165) is 11.3 Å². The van der Waals surface area contributed by atoms with Crippen molar-refractivity contribution in [3.8, 4) is 11.5 Å². The van der Waals surface area contributed by atoms with Crippen LogP contribution in [0, 0.1) is 0 Å². The summed E-state index contributed by atoms with van der Waals surface area (Å²) in [6, 6.07) is 5.50. The summed E-state index contributed by atoms with van der Waals surface area (Å²) in [7, 11) is 0. The minimum atomic E-state index is 0.572. The van der Waals surface area contributed by atoms with Gasteiger partial charge in [0.15, 0.2) is 16.1 Å². The number of hydrogen-bond donors (Lipinski definition) is 1. The molecule has 0 aliphatic carbocycles. The van der Waals surface area contributed by atoms with Crippen LogP contribution in [-0.2, 0) is 0 Å². The lowest BCUT2D eigenvalue weighted by Gasteiger charge is -1.92. The van der Waals surface area contributed by atoms with Gasteiger partial charge in [-0.25, -0.2) is 9.50 Å². The van der Waals surface area contributed by atoms with Gasteiger partial charge in [0, 0.05) is 6.07 Å². The number of halogens is 1. The highest BCUT2D eigenvalue weighted by Gasteiger charge is 2.08. The lowest BCUT2D eigenvalue weighted by Crippen LogP contribution is -1.93. The maximum atomic E-state index is 5.62. The minimum absolute atomic E-state index is 0.572. The van der Waals surface area contributed by atoms with Crippen molar-refractivity contribution in [2.24, 2.45) is 0 Å². The average molecular weight is 279 g/mol. The molecule has 0 aromatic carbocycles. The molecule has 3 rings (SSSR count). The summed E-state index contributed by atoms with van der Waals surface area (Å²) in [6.07, 6.45) is 3.31. The molecule has 6 heteroatoms. The number of anilines is 1. The van der Waals surface area contributed by atoms with E-state index in [1.54, 1.807) is 16.9 Å². The number of nitrogen functional groups attached to an aromatic ring is 1. The molecule has 0 aliphatic heterocycles. The molecule has 16 heavy (non-hydrogen) atoms. The van der Waals surface area contributed by atoms with Gasteiger partial charge in [0.1, 0.15) is 5.69 Å². The summed E-state index contributed by atoms with van der Waals surface area (Å²) in [5.74, 6) is 0.691. The Kier molecular flexibility index (Phi) is 1.97. The Morgan fingerprint density at radius 2 is 2.25 bits per heavy atom. The Morgan fingerprint density at radius 1 is 1.38 bits per heavy atom. The number of rotatable bonds is 1. The third-order valence-electron chi connectivity index (χ3n) is 2.16. The van der Waals surface area contributed by atoms with Crippen LogP contribution < -0.4 is 5.73 Å². The zero-order valence-corrected chi connectivity index (χ0v) is 9.68. The predicted molar refractivity (Wildman–Crippen MR) is 62.8 cm³/mol. The van der Waals surface area contributed by atoms with Crippen molar-refractivity contribution in [2.75, 3.05) is 5.73 Å². The molecule has 0 bridgehead atoms. The molecule has 0 spiro atoms. The third-order valence-corrected chi connectivity index (χ3v) is 2.59. The summed E-state index contributed by atoms with van der Waals surface area (Å²) in [6.45, 7) is 0. The fraction of sp³-hybridized carbons (Fsp3) is 0. The number of aromatic nitrogens is 3. The van der Waals surface area contributed by atoms with Crippen LogP contribution in [0.4, 0.5) is 5.69 Å². The Bertz CT molecular complexity index is 658. The van der Waals surface area contributed by atoms with Crippen LogP contribution >= 0.6 is 15.9 Å². The van der Waals surface area contributed by atoms with Crippen LogP contribution in [-0.4, -0.2) is 14.6 Å². The Balaban J connectivity index is 2.18. The van der Waals surface area contributed by atoms with Gasteiger partial charge < -0.3 is 10.2 Å². The van der Waals surface area contributed by atoms with Crippen LogP contribution in [0.25, 0.3) is 17.1 Å². The van der Waals surface area contributed by atoms with Gasteiger partial charge in [-0.15, -0.1) is 0 Å². The normalized spacial score (nSPS) is 11.1. The summed E-state index contributed by atoms with van der Waals surface area (Å²) in [5.41, 5.74) is 7.65. The van der Waals surface area contributed by atoms with Crippen molar-refractivity contribution < 1.29 is 4.42 Å². The van der Waals surface area contributed by atoms with Crippen molar-refractivity contribution in [3.05, 3.63) is 35.3 Å². The van der Waals surface area contributed by atoms with E-state index in [-0.39, 0.29) is 0 Å². The van der Waals surface area contributed by atoms with E-state index in [2.05, 4.69) is 26.0 Å². The molecule has 0 saturated carbocycles. The van der Waals surface area contributed by atoms with Gasteiger partial charge in [-0.05, 0) is 28.1 Å². The van der Waals surface area contributed by atoms with E-state index < -0.39 is 0 Å². The van der Waals surface area contributed by atoms with E-state index in [9.17, 15) is 0 Å². The standard InChI is InChI=1S/C10H7BrN4O/c11-9-2-1-8(16-9)7-3-10-13-4-6(12)5-15(10)14-7/h1-5H,12H2. The number of furan rings is 1. The average Bonchev–Trinajstić information content (AvgIpc) is 2.83. The highest BCUT2D eigenvalue weighted by Crippen LogP contribution is 2.24. The fourth-order valence-corrected chi connectivity index (χ4v) is 1.77. The van der Waals surface area contributed by atoms with Crippen LogP contribution in [0.3, 0.4) is 0 Å². The van der Waals surface area contributed by atoms with Crippen molar-refractivity contribution in [2.45, 2.75) is 0 Å². The van der Waals surface area contributed by atoms with Crippen LogP contribution in [0.1, 0.15) is 0 Å². The van der Waals surface area contributed by atoms with Gasteiger partial charge in [0.2, 0.25) is 0 Å². The second-order valence-corrected chi connectivity index (χ2v) is 4.10. The van der Waals surface area contributed by atoms with Crippen LogP contribution in [0.2, 0.25) is 0 Å². The van der Waals surface area contributed by atoms with Gasteiger partial charge in [-0.2, -0.15) is 5.10 Å². The molecule has 0 unspecified atom stereocenters. The van der Waals surface area contributed by atoms with Crippen molar-refractivity contribution in [1.82, 2.24) is 14.6 Å². The van der Waals surface area contributed by atoms with E-state index in [4.69, 9.17) is 10.2 Å². The zero-order valence-electron chi connectivity index (χ0n) is 8.09. The van der Waals surface area contributed by atoms with Crippen LogP contribution in [0.15, 0.2) is 39.7 Å². The third kappa shape index (κ3) is 1.47. The molecule has 80 valence electrons. The molecule has 3 heterocycles. The smallest absolute Gasteiger partial charge is 0.169 e. The maximum Gasteiger partial charge on any atom is 0.169 e. The number of fused-ring (bicyclic) bond motifs is 1. The quantitative estimate of drug-likeness (QED) is 0.742. The molecule has 0 amide bonds. The molecular formula is C10H7BrN4O. The van der Waals surface area contributed by atoms with E-state index >= 15 is 0 Å². The first kappa shape index (κ1) is 9.41. The highest BCUT2D eigenvalue weighted by atomic mass is 79.9. The molecule has 0 aliphatic rings. The molecule has 3 aromatic rings. The van der Waals surface area contributed by atoms with E-state index in [0.29, 0.717) is 16.1 Å². The summed E-state index contributed by atoms with van der Waals surface area (Å²) in [4.78, 5) is 4.16. The van der Waals surface area contributed by atoms with Gasteiger partial charge in [-0.3, -0.25) is 0 Å². The Labute approximate surface area is 99.0 Å². The van der Waals surface area contributed by atoms with E-state index in [1.165, 1.54) is 0 Å². The predicted octanol–water partition coefficient (Wildman–Crippen LogP) is 2.33. The lowest BCUT2D eigenvalue weighted by atomic mass is 10.3. The SMILES string of the molecule is Nc1cnc2cc(-c3ccc(Br)o3)nn2c1. The molecule has 0 atom stereocenters. The van der Waals surface area contributed by atoms with Gasteiger partial charge >= 0.3 is 0 Å². The molecular weight excluding hydrogens is 272 g/mol. The largest absolute Gasteiger partial charge is 0.448 e. The second kappa shape index (κ2) is 3.34. The summed E-state index contributed by atoms with van der Waals surface area (Å²) < 4.78 is 7.71. The first-order valence-corrected chi connectivity index (χ1v) is 5.38. The first-order chi connectivity index (χ1) is 7.72. The van der Waals surface area contributed by atoms with E-state index in [1.807, 2.05) is 18.2 Å². The lowest BCUT2D eigenvalue weighted by molar-refractivity contribution is 0.553. The summed E-state index contributed by atoms with van der Waals surface area (Å²) >= 11 is 3.25. The maximum absolute atomic E-state index is 5.62. The molecule has 0 fully saturated rings. The monoisotopic (exact) mass is 278 g/mol. The number of nitrogens with two attached hydrogens (primary N) is 1. The number of nitrogens with zero attached hydrogens (tertiary/aromatic N) is 3. The van der Waals surface area contributed by atoms with Crippen molar-refractivity contribution in [3.63, 3.8) is 0 Å². The van der Waals surface area contributed by atoms with Gasteiger partial charge in [0.25, 0.3) is 0 Å². The van der Waals surface area contributed by atoms with Crippen LogP contribution in [0.5, 0.6) is 0 Å². The molecule has 0 saturated heterocycles. The highest BCUT2D eigenvalue weighted by molar-refractivity contribution is 9.10. The molecule has 2 N–H and O–H groups in total. The van der Waals surface area contributed by atoms with Gasteiger partial charge in [0.05, 0.1) is 18.1 Å². The first-order valence-electron chi connectivity index (χ1n) is 4.59. The Hall–Kier alpha value is -1.82. The summed E-state index contributed by atoms with van der Waals surface area (Å²) in [5, 5.41) is 4.32. The Morgan fingerprint density at radius 3 is 3.00 bits per heavy atom. The fourth-order valence-electron chi connectivity index (χ4n) is 1.46. The number of hydrogen-bond acceptors (Lipinski definition) is 4. The molecule has 0 radical (unpaired) electrons. The topological polar surface area (TPSA) is 69.3 Å². The minimum Gasteiger partial charge on any atom is -0.448 e. The zero-order chi connectivity index (χ0) is 11.1. The molecule has 5 nitrogen and oxygen atoms in total.